The lowest BCUT2D eigenvalue weighted by Gasteiger charge is -2.35. The normalized spacial score (nSPS) is 11.6. The van der Waals surface area contributed by atoms with Crippen LogP contribution in [0.2, 0.25) is 0 Å². The fraction of sp³-hybridized carbons (Fsp3) is 0.769. The van der Waals surface area contributed by atoms with Gasteiger partial charge < -0.3 is 26.2 Å². The summed E-state index contributed by atoms with van der Waals surface area (Å²) in [5, 5.41) is 0. The first-order chi connectivity index (χ1) is 7.03. The number of carbonyl (C=O) groups excluding carboxylic acids is 1. The summed E-state index contributed by atoms with van der Waals surface area (Å²) >= 11 is 0. The van der Waals surface area contributed by atoms with Crippen molar-refractivity contribution in [3.63, 3.8) is 0 Å². The Labute approximate surface area is 116 Å². The molecule has 4 heteroatoms. The fourth-order valence-electron chi connectivity index (χ4n) is 1.87. The van der Waals surface area contributed by atoms with Gasteiger partial charge in [0, 0.05) is 11.0 Å². The number of likely N-dealkylation sites (N-methyl/N-ethyl adjacent to an activating group) is 1. The Morgan fingerprint density at radius 3 is 2.12 bits per heavy atom. The number of quaternary nitrogens is 1. The maximum Gasteiger partial charge on any atom is 0.333 e. The third kappa shape index (κ3) is 10.5. The maximum absolute atomic E-state index is 11.2. The number of halogens is 1. The number of hydrogen-bond donors (Lipinski definition) is 0. The molecule has 0 saturated carbocycles. The molecule has 3 nitrogen and oxygen atoms in total. The van der Waals surface area contributed by atoms with E-state index in [4.69, 9.17) is 4.74 Å². The van der Waals surface area contributed by atoms with Gasteiger partial charge in [0.05, 0.1) is 20.6 Å². The molecule has 0 atom stereocenters. The zero-order valence-electron chi connectivity index (χ0n) is 12.0. The number of carbonyl (C=O) groups is 1. The smallest absolute Gasteiger partial charge is 0.333 e. The second-order valence-electron chi connectivity index (χ2n) is 6.29. The van der Waals surface area contributed by atoms with Crippen LogP contribution in [0.1, 0.15) is 27.7 Å². The van der Waals surface area contributed by atoms with Crippen LogP contribution < -0.4 is 17.0 Å². The highest BCUT2D eigenvalue weighted by atomic mass is 79.9. The summed E-state index contributed by atoms with van der Waals surface area (Å²) in [6.45, 7) is 14.2. The molecule has 0 aromatic carbocycles. The van der Waals surface area contributed by atoms with Crippen LogP contribution in [0.15, 0.2) is 12.2 Å². The van der Waals surface area contributed by atoms with Crippen LogP contribution in [-0.4, -0.2) is 44.2 Å². The number of nitrogens with zero attached hydrogens (tertiary/aromatic N) is 1. The van der Waals surface area contributed by atoms with Crippen molar-refractivity contribution in [3.05, 3.63) is 12.2 Å². The highest BCUT2D eigenvalue weighted by Crippen LogP contribution is 2.17. The van der Waals surface area contributed by atoms with E-state index in [-0.39, 0.29) is 28.4 Å². The molecule has 0 aliphatic carbocycles. The Morgan fingerprint density at radius 2 is 1.76 bits per heavy atom. The van der Waals surface area contributed by atoms with E-state index in [1.54, 1.807) is 6.92 Å². The molecule has 0 rings (SSSR count). The van der Waals surface area contributed by atoms with Crippen LogP contribution in [0, 0.1) is 5.41 Å². The van der Waals surface area contributed by atoms with E-state index in [0.29, 0.717) is 12.2 Å². The lowest BCUT2D eigenvalue weighted by atomic mass is 9.95. The summed E-state index contributed by atoms with van der Waals surface area (Å²) in [6.07, 6.45) is 0. The molecule has 0 spiro atoms. The SMILES string of the molecule is C=C(C)C(=O)OCC[N+](C)(C)CC(C)(C)C.[Br-]. The van der Waals surface area contributed by atoms with Crippen LogP contribution in [0.4, 0.5) is 0 Å². The van der Waals surface area contributed by atoms with Crippen molar-refractivity contribution in [3.8, 4) is 0 Å². The highest BCUT2D eigenvalue weighted by Gasteiger charge is 2.24. The van der Waals surface area contributed by atoms with Gasteiger partial charge in [0.1, 0.15) is 13.2 Å². The van der Waals surface area contributed by atoms with Gasteiger partial charge in [-0.2, -0.15) is 0 Å². The number of hydrogen-bond acceptors (Lipinski definition) is 2. The molecule has 0 aromatic heterocycles. The summed E-state index contributed by atoms with van der Waals surface area (Å²) in [7, 11) is 4.31. The fourth-order valence-corrected chi connectivity index (χ4v) is 1.87. The van der Waals surface area contributed by atoms with E-state index >= 15 is 0 Å². The van der Waals surface area contributed by atoms with E-state index in [0.717, 1.165) is 17.6 Å². The second kappa shape index (κ2) is 7.17. The van der Waals surface area contributed by atoms with Gasteiger partial charge in [-0.1, -0.05) is 27.4 Å². The molecule has 17 heavy (non-hydrogen) atoms. The zero-order valence-corrected chi connectivity index (χ0v) is 13.6. The Hall–Kier alpha value is -0.350. The summed E-state index contributed by atoms with van der Waals surface area (Å²) < 4.78 is 5.95. The number of ether oxygens (including phenoxy) is 1. The van der Waals surface area contributed by atoms with Gasteiger partial charge in [0.2, 0.25) is 0 Å². The average molecular weight is 308 g/mol. The lowest BCUT2D eigenvalue weighted by molar-refractivity contribution is -0.896. The van der Waals surface area contributed by atoms with E-state index in [2.05, 4.69) is 41.4 Å². The van der Waals surface area contributed by atoms with Gasteiger partial charge in [0.15, 0.2) is 0 Å². The molecule has 0 aliphatic heterocycles. The predicted octanol–water partition coefficient (Wildman–Crippen LogP) is -0.768. The summed E-state index contributed by atoms with van der Waals surface area (Å²) in [5.41, 5.74) is 0.739. The molecule has 0 aromatic rings. The Kier molecular flexibility index (Phi) is 8.01. The third-order valence-corrected chi connectivity index (χ3v) is 2.18. The van der Waals surface area contributed by atoms with Crippen molar-refractivity contribution in [1.29, 1.82) is 0 Å². The molecule has 0 amide bonds. The molecular formula is C13H26BrNO2. The first kappa shape index (κ1) is 19.0. The van der Waals surface area contributed by atoms with Crippen molar-refractivity contribution in [2.24, 2.45) is 5.41 Å². The second-order valence-corrected chi connectivity index (χ2v) is 6.29. The van der Waals surface area contributed by atoms with Gasteiger partial charge in [0.25, 0.3) is 0 Å². The quantitative estimate of drug-likeness (QED) is 0.379. The van der Waals surface area contributed by atoms with Crippen molar-refractivity contribution in [2.45, 2.75) is 27.7 Å². The minimum atomic E-state index is -0.296. The van der Waals surface area contributed by atoms with Gasteiger partial charge >= 0.3 is 5.97 Å². The van der Waals surface area contributed by atoms with Crippen molar-refractivity contribution >= 4 is 5.97 Å². The molecular weight excluding hydrogens is 282 g/mol. The molecule has 102 valence electrons. The largest absolute Gasteiger partial charge is 1.00 e. The Bertz CT molecular complexity index is 267. The summed E-state index contributed by atoms with van der Waals surface area (Å²) in [4.78, 5) is 11.2. The summed E-state index contributed by atoms with van der Waals surface area (Å²) in [6, 6.07) is 0. The first-order valence-corrected chi connectivity index (χ1v) is 5.68. The van der Waals surface area contributed by atoms with Crippen molar-refractivity contribution < 1.29 is 31.0 Å². The number of rotatable bonds is 5. The molecule has 0 heterocycles. The van der Waals surface area contributed by atoms with Gasteiger partial charge in [-0.05, 0) is 6.92 Å². The Balaban J connectivity index is 0. The molecule has 0 aliphatic rings. The van der Waals surface area contributed by atoms with Crippen molar-refractivity contribution in [2.75, 3.05) is 33.8 Å². The standard InChI is InChI=1S/C13H26NO2.BrH/c1-11(2)12(15)16-9-8-14(6,7)10-13(3,4)5;/h1,8-10H2,2-7H3;1H/q+1;/p-1. The molecule has 0 radical (unpaired) electrons. The van der Waals surface area contributed by atoms with Gasteiger partial charge in [-0.3, -0.25) is 0 Å². The van der Waals surface area contributed by atoms with Crippen LogP contribution in [-0.2, 0) is 9.53 Å². The van der Waals surface area contributed by atoms with Crippen LogP contribution in [0.25, 0.3) is 0 Å². The van der Waals surface area contributed by atoms with Crippen LogP contribution >= 0.6 is 0 Å². The third-order valence-electron chi connectivity index (χ3n) is 2.18. The van der Waals surface area contributed by atoms with Crippen LogP contribution in [0.3, 0.4) is 0 Å². The zero-order chi connectivity index (χ0) is 13.0. The minimum Gasteiger partial charge on any atom is -1.00 e. The lowest BCUT2D eigenvalue weighted by Crippen LogP contribution is -3.00. The van der Waals surface area contributed by atoms with Crippen molar-refractivity contribution in [1.82, 2.24) is 0 Å². The minimum absolute atomic E-state index is 0. The molecule has 0 saturated heterocycles. The molecule has 0 unspecified atom stereocenters. The summed E-state index contributed by atoms with van der Waals surface area (Å²) in [5.74, 6) is -0.296. The molecule has 0 N–H and O–H groups in total. The topological polar surface area (TPSA) is 26.3 Å². The predicted molar refractivity (Wildman–Crippen MR) is 67.1 cm³/mol. The molecule has 0 fully saturated rings. The van der Waals surface area contributed by atoms with E-state index < -0.39 is 0 Å². The van der Waals surface area contributed by atoms with Gasteiger partial charge in [-0.15, -0.1) is 0 Å². The van der Waals surface area contributed by atoms with E-state index in [1.807, 2.05) is 0 Å². The first-order valence-electron chi connectivity index (χ1n) is 5.68. The van der Waals surface area contributed by atoms with Crippen LogP contribution in [0.5, 0.6) is 0 Å². The monoisotopic (exact) mass is 307 g/mol. The van der Waals surface area contributed by atoms with E-state index in [9.17, 15) is 4.79 Å². The maximum atomic E-state index is 11.2. The Morgan fingerprint density at radius 1 is 1.29 bits per heavy atom. The molecule has 0 bridgehead atoms. The average Bonchev–Trinajstić information content (AvgIpc) is 1.98. The highest BCUT2D eigenvalue weighted by molar-refractivity contribution is 5.86. The number of esters is 1. The van der Waals surface area contributed by atoms with E-state index in [1.165, 1.54) is 0 Å². The van der Waals surface area contributed by atoms with Gasteiger partial charge in [-0.25, -0.2) is 4.79 Å².